The van der Waals surface area contributed by atoms with Crippen LogP contribution in [0.5, 0.6) is 5.75 Å². The first kappa shape index (κ1) is 21.3. The second-order valence-corrected chi connectivity index (χ2v) is 8.23. The molecule has 0 bridgehead atoms. The first-order valence-electron chi connectivity index (χ1n) is 9.88. The van der Waals surface area contributed by atoms with Crippen molar-refractivity contribution in [3.8, 4) is 17.0 Å². The Morgan fingerprint density at radius 3 is 2.55 bits per heavy atom. The number of ether oxygens (including phenoxy) is 1. The molecular formula is C21H15F4N5O2S. The number of alkyl halides is 4. The largest absolute Gasteiger partial charge is 0.435 e. The van der Waals surface area contributed by atoms with Crippen LogP contribution in [0.15, 0.2) is 41.8 Å². The van der Waals surface area contributed by atoms with Crippen LogP contribution < -0.4 is 10.1 Å². The molecule has 1 saturated carbocycles. The lowest BCUT2D eigenvalue weighted by Crippen LogP contribution is -2.13. The molecule has 0 radical (unpaired) electrons. The Bertz CT molecular complexity index is 1320. The van der Waals surface area contributed by atoms with E-state index in [9.17, 15) is 22.4 Å². The summed E-state index contributed by atoms with van der Waals surface area (Å²) in [5, 5.41) is 8.56. The van der Waals surface area contributed by atoms with E-state index < -0.39 is 18.9 Å². The Kier molecular flexibility index (Phi) is 5.44. The molecule has 0 saturated heterocycles. The molecule has 1 aliphatic rings. The molecule has 0 spiro atoms. The van der Waals surface area contributed by atoms with Gasteiger partial charge >= 0.3 is 6.61 Å². The van der Waals surface area contributed by atoms with E-state index in [0.29, 0.717) is 17.0 Å². The second-order valence-electron chi connectivity index (χ2n) is 7.38. The van der Waals surface area contributed by atoms with Gasteiger partial charge in [0, 0.05) is 28.6 Å². The number of amides is 1. The van der Waals surface area contributed by atoms with Crippen LogP contribution in [0, 0.1) is 0 Å². The summed E-state index contributed by atoms with van der Waals surface area (Å²) >= 11 is 1.15. The maximum atomic E-state index is 13.5. The fourth-order valence-electron chi connectivity index (χ4n) is 3.30. The average molecular weight is 477 g/mol. The molecule has 12 heteroatoms. The normalized spacial score (nSPS) is 13.8. The van der Waals surface area contributed by atoms with Gasteiger partial charge < -0.3 is 4.74 Å². The molecule has 1 fully saturated rings. The first-order chi connectivity index (χ1) is 15.9. The summed E-state index contributed by atoms with van der Waals surface area (Å²) in [6, 6.07) is 8.61. The molecule has 4 aromatic rings. The topological polar surface area (TPSA) is 81.4 Å². The average Bonchev–Trinajstić information content (AvgIpc) is 3.37. The summed E-state index contributed by atoms with van der Waals surface area (Å²) in [7, 11) is 0. The van der Waals surface area contributed by atoms with Gasteiger partial charge in [-0.3, -0.25) is 10.1 Å². The molecule has 0 unspecified atom stereocenters. The summed E-state index contributed by atoms with van der Waals surface area (Å²) in [6.07, 6.45) is -0.952. The number of benzene rings is 1. The molecule has 1 aliphatic carbocycles. The van der Waals surface area contributed by atoms with Crippen molar-refractivity contribution in [1.82, 2.24) is 19.6 Å². The first-order valence-corrected chi connectivity index (χ1v) is 10.8. The molecule has 3 aromatic heterocycles. The lowest BCUT2D eigenvalue weighted by atomic mass is 10.2. The molecule has 3 heterocycles. The molecular weight excluding hydrogens is 462 g/mol. The minimum atomic E-state index is -2.91. The van der Waals surface area contributed by atoms with Crippen molar-refractivity contribution in [3.05, 3.63) is 58.9 Å². The molecule has 0 atom stereocenters. The van der Waals surface area contributed by atoms with Gasteiger partial charge in [0.1, 0.15) is 11.4 Å². The maximum Gasteiger partial charge on any atom is 0.387 e. The quantitative estimate of drug-likeness (QED) is 0.355. The van der Waals surface area contributed by atoms with E-state index in [1.807, 2.05) is 0 Å². The van der Waals surface area contributed by atoms with Crippen molar-refractivity contribution in [2.75, 3.05) is 5.32 Å². The molecule has 1 aromatic carbocycles. The van der Waals surface area contributed by atoms with E-state index in [1.165, 1.54) is 24.3 Å². The summed E-state index contributed by atoms with van der Waals surface area (Å²) in [6.45, 7) is -2.91. The number of carbonyl (C=O) groups excluding carboxylic acids is 1. The van der Waals surface area contributed by atoms with E-state index in [-0.39, 0.29) is 33.8 Å². The number of hydrogen-bond donors (Lipinski definition) is 1. The number of thiazole rings is 1. The highest BCUT2D eigenvalue weighted by Gasteiger charge is 2.28. The van der Waals surface area contributed by atoms with E-state index in [4.69, 9.17) is 0 Å². The molecule has 5 rings (SSSR count). The number of nitrogens with zero attached hydrogens (tertiary/aromatic N) is 4. The van der Waals surface area contributed by atoms with Crippen molar-refractivity contribution in [2.24, 2.45) is 0 Å². The van der Waals surface area contributed by atoms with Gasteiger partial charge in [0.15, 0.2) is 16.5 Å². The fourth-order valence-corrected chi connectivity index (χ4v) is 4.02. The zero-order valence-corrected chi connectivity index (χ0v) is 17.5. The highest BCUT2D eigenvalue weighted by molar-refractivity contribution is 7.14. The zero-order valence-electron chi connectivity index (χ0n) is 16.7. The molecule has 170 valence electrons. The number of fused-ring (bicyclic) bond motifs is 1. The lowest BCUT2D eigenvalue weighted by molar-refractivity contribution is -0.0498. The minimum absolute atomic E-state index is 0.0194. The van der Waals surface area contributed by atoms with Gasteiger partial charge in [-0.15, -0.1) is 11.3 Å². The number of halogens is 4. The van der Waals surface area contributed by atoms with Gasteiger partial charge in [-0.1, -0.05) is 0 Å². The lowest BCUT2D eigenvalue weighted by Gasteiger charge is -2.06. The second kappa shape index (κ2) is 8.43. The van der Waals surface area contributed by atoms with Gasteiger partial charge in [0.25, 0.3) is 12.3 Å². The Balaban J connectivity index is 1.35. The third-order valence-corrected chi connectivity index (χ3v) is 5.78. The third-order valence-electron chi connectivity index (χ3n) is 5.03. The van der Waals surface area contributed by atoms with Gasteiger partial charge in [-0.25, -0.2) is 23.3 Å². The van der Waals surface area contributed by atoms with Crippen LogP contribution in [0.2, 0.25) is 0 Å². The summed E-state index contributed by atoms with van der Waals surface area (Å²) < 4.78 is 56.9. The van der Waals surface area contributed by atoms with E-state index in [2.05, 4.69) is 25.1 Å². The van der Waals surface area contributed by atoms with Crippen LogP contribution in [-0.4, -0.2) is 32.1 Å². The Hall–Kier alpha value is -3.54. The van der Waals surface area contributed by atoms with Crippen LogP contribution in [0.1, 0.15) is 47.1 Å². The highest BCUT2D eigenvalue weighted by atomic mass is 32.1. The highest BCUT2D eigenvalue weighted by Crippen LogP contribution is 2.40. The molecule has 1 amide bonds. The van der Waals surface area contributed by atoms with Crippen LogP contribution in [0.4, 0.5) is 22.7 Å². The van der Waals surface area contributed by atoms with Crippen LogP contribution in [0.3, 0.4) is 0 Å². The number of hydrogen-bond acceptors (Lipinski definition) is 6. The van der Waals surface area contributed by atoms with Crippen LogP contribution in [0.25, 0.3) is 16.9 Å². The number of rotatable bonds is 7. The van der Waals surface area contributed by atoms with Crippen molar-refractivity contribution in [2.45, 2.75) is 31.8 Å². The summed E-state index contributed by atoms with van der Waals surface area (Å²) in [5.41, 5.74) is 1.55. The van der Waals surface area contributed by atoms with Crippen molar-refractivity contribution >= 4 is 28.0 Å². The zero-order chi connectivity index (χ0) is 23.1. The summed E-state index contributed by atoms with van der Waals surface area (Å²) in [5.74, 6) is -0.425. The Morgan fingerprint density at radius 2 is 1.88 bits per heavy atom. The van der Waals surface area contributed by atoms with Gasteiger partial charge in [0.05, 0.1) is 5.69 Å². The summed E-state index contributed by atoms with van der Waals surface area (Å²) in [4.78, 5) is 21.4. The fraction of sp³-hybridized carbons (Fsp3) is 0.238. The molecule has 7 nitrogen and oxygen atoms in total. The van der Waals surface area contributed by atoms with E-state index in [1.54, 1.807) is 17.5 Å². The van der Waals surface area contributed by atoms with Crippen LogP contribution >= 0.6 is 11.3 Å². The van der Waals surface area contributed by atoms with Crippen molar-refractivity contribution in [3.63, 3.8) is 0 Å². The molecule has 1 N–H and O–H groups in total. The Morgan fingerprint density at radius 1 is 1.12 bits per heavy atom. The number of anilines is 1. The van der Waals surface area contributed by atoms with Gasteiger partial charge in [-0.05, 0) is 43.2 Å². The molecule has 33 heavy (non-hydrogen) atoms. The Labute approximate surface area is 188 Å². The predicted octanol–water partition coefficient (Wildman–Crippen LogP) is 5.52. The predicted molar refractivity (Wildman–Crippen MR) is 112 cm³/mol. The number of aromatic nitrogens is 4. The van der Waals surface area contributed by atoms with E-state index in [0.717, 1.165) is 28.7 Å². The van der Waals surface area contributed by atoms with Crippen molar-refractivity contribution < 1.29 is 27.1 Å². The number of nitrogens with one attached hydrogen (secondary N) is 1. The third kappa shape index (κ3) is 4.51. The van der Waals surface area contributed by atoms with Gasteiger partial charge in [-0.2, -0.15) is 13.9 Å². The van der Waals surface area contributed by atoms with Gasteiger partial charge in [0.2, 0.25) is 0 Å². The number of carbonyl (C=O) groups is 1. The smallest absolute Gasteiger partial charge is 0.387 e. The molecule has 0 aliphatic heterocycles. The minimum Gasteiger partial charge on any atom is -0.435 e. The van der Waals surface area contributed by atoms with E-state index >= 15 is 0 Å². The SMILES string of the molecule is O=C(Nc1nc(-c2ccc(OC(F)F)cc2)cs1)c1cc2nc(C3CC3)cc(C(F)F)n2n1. The standard InChI is InChI=1S/C21H15F4N5O2S/c22-18(23)16-7-13(10-1-2-10)26-17-8-14(29-30(16)17)19(31)28-21-27-15(9-33-21)11-3-5-12(6-4-11)32-20(24)25/h3-10,18,20H,1-2H2,(H,27,28,31). The van der Waals surface area contributed by atoms with Crippen LogP contribution in [-0.2, 0) is 0 Å². The monoisotopic (exact) mass is 477 g/mol. The van der Waals surface area contributed by atoms with Crippen molar-refractivity contribution in [1.29, 1.82) is 0 Å². The maximum absolute atomic E-state index is 13.5.